The van der Waals surface area contributed by atoms with E-state index in [1.165, 1.54) is 19.3 Å². The van der Waals surface area contributed by atoms with Gasteiger partial charge in [0.25, 0.3) is 0 Å². The van der Waals surface area contributed by atoms with E-state index in [-0.39, 0.29) is 23.5 Å². The normalized spacial score (nSPS) is 26.4. The van der Waals surface area contributed by atoms with Crippen LogP contribution in [0, 0.1) is 0 Å². The number of rotatable bonds is 2. The van der Waals surface area contributed by atoms with Crippen molar-refractivity contribution in [1.29, 1.82) is 0 Å². The summed E-state index contributed by atoms with van der Waals surface area (Å²) in [7, 11) is 0. The Labute approximate surface area is 115 Å². The zero-order valence-electron chi connectivity index (χ0n) is 12.3. The van der Waals surface area contributed by atoms with Gasteiger partial charge in [0.1, 0.15) is 6.10 Å². The number of hydrogen-bond acceptors (Lipinski definition) is 3. The fraction of sp³-hybridized carbons (Fsp3) is 0.929. The molecule has 2 fully saturated rings. The lowest BCUT2D eigenvalue weighted by Gasteiger charge is -2.31. The van der Waals surface area contributed by atoms with Gasteiger partial charge >= 0.3 is 6.03 Å². The number of nitrogens with one attached hydrogen (secondary N) is 2. The van der Waals surface area contributed by atoms with Crippen LogP contribution in [0.4, 0.5) is 4.79 Å². The van der Waals surface area contributed by atoms with E-state index in [4.69, 9.17) is 9.47 Å². The summed E-state index contributed by atoms with van der Waals surface area (Å²) in [6.07, 6.45) is 5.56. The molecule has 110 valence electrons. The molecule has 1 saturated carbocycles. The molecule has 1 spiro atoms. The highest BCUT2D eigenvalue weighted by Gasteiger charge is 2.42. The molecule has 1 aliphatic heterocycles. The van der Waals surface area contributed by atoms with E-state index in [0.29, 0.717) is 13.2 Å². The maximum Gasteiger partial charge on any atom is 0.315 e. The van der Waals surface area contributed by atoms with Crippen molar-refractivity contribution >= 4 is 6.03 Å². The lowest BCUT2D eigenvalue weighted by molar-refractivity contribution is -0.186. The van der Waals surface area contributed by atoms with Crippen molar-refractivity contribution < 1.29 is 14.3 Å². The molecule has 1 saturated heterocycles. The van der Waals surface area contributed by atoms with Crippen molar-refractivity contribution in [3.63, 3.8) is 0 Å². The number of urea groups is 1. The van der Waals surface area contributed by atoms with E-state index in [1.807, 2.05) is 20.8 Å². The number of carbonyl (C=O) groups excluding carboxylic acids is 1. The standard InChI is InChI=1S/C14H26N2O3/c1-13(2,3)16-12(17)15-9-11-10-18-14(19-11)7-5-4-6-8-14/h11H,4-10H2,1-3H3,(H2,15,16,17)/t11-/m1/s1. The number of ether oxygens (including phenoxy) is 2. The van der Waals surface area contributed by atoms with E-state index in [1.54, 1.807) is 0 Å². The van der Waals surface area contributed by atoms with Crippen LogP contribution in [0.15, 0.2) is 0 Å². The molecule has 5 heteroatoms. The van der Waals surface area contributed by atoms with Gasteiger partial charge in [-0.1, -0.05) is 6.42 Å². The van der Waals surface area contributed by atoms with Crippen molar-refractivity contribution in [3.05, 3.63) is 0 Å². The van der Waals surface area contributed by atoms with Crippen LogP contribution in [0.1, 0.15) is 52.9 Å². The lowest BCUT2D eigenvalue weighted by Crippen LogP contribution is -2.48. The Morgan fingerprint density at radius 2 is 1.95 bits per heavy atom. The van der Waals surface area contributed by atoms with Crippen LogP contribution in [0.25, 0.3) is 0 Å². The minimum atomic E-state index is -0.356. The number of amides is 2. The minimum absolute atomic E-state index is 0.0242. The maximum atomic E-state index is 11.7. The van der Waals surface area contributed by atoms with Gasteiger partial charge in [0.05, 0.1) is 6.61 Å². The number of carbonyl (C=O) groups is 1. The van der Waals surface area contributed by atoms with Crippen molar-refractivity contribution in [3.8, 4) is 0 Å². The van der Waals surface area contributed by atoms with E-state index < -0.39 is 0 Å². The van der Waals surface area contributed by atoms with Gasteiger partial charge in [-0.25, -0.2) is 4.79 Å². The SMILES string of the molecule is CC(C)(C)NC(=O)NC[C@@H]1COC2(CCCCC2)O1. The van der Waals surface area contributed by atoms with Gasteiger partial charge in [-0.15, -0.1) is 0 Å². The van der Waals surface area contributed by atoms with Crippen LogP contribution in [0.3, 0.4) is 0 Å². The first kappa shape index (κ1) is 14.6. The molecule has 0 aromatic rings. The van der Waals surface area contributed by atoms with Crippen LogP contribution in [0.5, 0.6) is 0 Å². The number of hydrogen-bond donors (Lipinski definition) is 2. The highest BCUT2D eigenvalue weighted by Crippen LogP contribution is 2.37. The zero-order valence-corrected chi connectivity index (χ0v) is 12.3. The van der Waals surface area contributed by atoms with Gasteiger partial charge < -0.3 is 20.1 Å². The zero-order chi connectivity index (χ0) is 13.9. The third kappa shape index (κ3) is 4.35. The molecule has 1 atom stereocenters. The molecule has 2 aliphatic rings. The lowest BCUT2D eigenvalue weighted by atomic mass is 9.94. The van der Waals surface area contributed by atoms with E-state index in [9.17, 15) is 4.79 Å². The van der Waals surface area contributed by atoms with Crippen LogP contribution < -0.4 is 10.6 Å². The van der Waals surface area contributed by atoms with Gasteiger partial charge in [-0.05, 0) is 33.6 Å². The summed E-state index contributed by atoms with van der Waals surface area (Å²) in [5.74, 6) is -0.356. The van der Waals surface area contributed by atoms with E-state index in [0.717, 1.165) is 12.8 Å². The summed E-state index contributed by atoms with van der Waals surface area (Å²) >= 11 is 0. The quantitative estimate of drug-likeness (QED) is 0.808. The molecule has 5 nitrogen and oxygen atoms in total. The van der Waals surface area contributed by atoms with Crippen molar-refractivity contribution in [2.24, 2.45) is 0 Å². The first-order valence-corrected chi connectivity index (χ1v) is 7.26. The van der Waals surface area contributed by atoms with Crippen molar-refractivity contribution in [2.45, 2.75) is 70.3 Å². The van der Waals surface area contributed by atoms with Crippen molar-refractivity contribution in [2.75, 3.05) is 13.2 Å². The van der Waals surface area contributed by atoms with Crippen LogP contribution >= 0.6 is 0 Å². The fourth-order valence-corrected chi connectivity index (χ4v) is 2.66. The fourth-order valence-electron chi connectivity index (χ4n) is 2.66. The van der Waals surface area contributed by atoms with E-state index in [2.05, 4.69) is 10.6 Å². The predicted octanol–water partition coefficient (Wildman–Crippen LogP) is 2.16. The molecule has 0 aromatic heterocycles. The Bertz CT molecular complexity index is 319. The van der Waals surface area contributed by atoms with Gasteiger partial charge in [-0.2, -0.15) is 0 Å². The largest absolute Gasteiger partial charge is 0.347 e. The topological polar surface area (TPSA) is 59.6 Å². The second kappa shape index (κ2) is 5.67. The maximum absolute atomic E-state index is 11.7. The highest BCUT2D eigenvalue weighted by molar-refractivity contribution is 5.74. The van der Waals surface area contributed by atoms with Gasteiger partial charge in [0, 0.05) is 24.9 Å². The monoisotopic (exact) mass is 270 g/mol. The Morgan fingerprint density at radius 1 is 1.26 bits per heavy atom. The Hall–Kier alpha value is -0.810. The average Bonchev–Trinajstić information content (AvgIpc) is 2.69. The van der Waals surface area contributed by atoms with Crippen LogP contribution in [-0.4, -0.2) is 36.6 Å². The van der Waals surface area contributed by atoms with Gasteiger partial charge in [0.2, 0.25) is 0 Å². The smallest absolute Gasteiger partial charge is 0.315 e. The molecule has 2 rings (SSSR count). The Kier molecular flexibility index (Phi) is 4.36. The molecule has 1 heterocycles. The van der Waals surface area contributed by atoms with E-state index >= 15 is 0 Å². The third-order valence-corrected chi connectivity index (χ3v) is 3.51. The summed E-state index contributed by atoms with van der Waals surface area (Å²) in [4.78, 5) is 11.7. The predicted molar refractivity (Wildman–Crippen MR) is 72.9 cm³/mol. The molecular weight excluding hydrogens is 244 g/mol. The first-order valence-electron chi connectivity index (χ1n) is 7.26. The average molecular weight is 270 g/mol. The first-order chi connectivity index (χ1) is 8.89. The summed E-state index contributed by atoms with van der Waals surface area (Å²) in [5.41, 5.74) is -0.221. The molecule has 2 amide bonds. The second-order valence-corrected chi connectivity index (χ2v) is 6.61. The molecule has 1 aliphatic carbocycles. The molecule has 0 aromatic carbocycles. The summed E-state index contributed by atoms with van der Waals surface area (Å²) in [5, 5.41) is 5.72. The van der Waals surface area contributed by atoms with Gasteiger partial charge in [-0.3, -0.25) is 0 Å². The molecule has 0 unspecified atom stereocenters. The third-order valence-electron chi connectivity index (χ3n) is 3.51. The van der Waals surface area contributed by atoms with Crippen LogP contribution in [-0.2, 0) is 9.47 Å². The van der Waals surface area contributed by atoms with Crippen molar-refractivity contribution in [1.82, 2.24) is 10.6 Å². The summed E-state index contributed by atoms with van der Waals surface area (Å²) in [6, 6.07) is -0.152. The molecular formula is C14H26N2O3. The molecule has 0 bridgehead atoms. The van der Waals surface area contributed by atoms with Crippen LogP contribution in [0.2, 0.25) is 0 Å². The summed E-state index contributed by atoms with van der Waals surface area (Å²) < 4.78 is 11.8. The molecule has 19 heavy (non-hydrogen) atoms. The highest BCUT2D eigenvalue weighted by atomic mass is 16.7. The Balaban J connectivity index is 1.72. The molecule has 2 N–H and O–H groups in total. The molecule has 0 radical (unpaired) electrons. The summed E-state index contributed by atoms with van der Waals surface area (Å²) in [6.45, 7) is 6.95. The Morgan fingerprint density at radius 3 is 2.58 bits per heavy atom. The van der Waals surface area contributed by atoms with Gasteiger partial charge in [0.15, 0.2) is 5.79 Å². The second-order valence-electron chi connectivity index (χ2n) is 6.61. The minimum Gasteiger partial charge on any atom is -0.347 e.